The second-order valence-corrected chi connectivity index (χ2v) is 9.02. The van der Waals surface area contributed by atoms with Gasteiger partial charge in [0.05, 0.1) is 12.5 Å². The Morgan fingerprint density at radius 2 is 1.61 bits per heavy atom. The van der Waals surface area contributed by atoms with Crippen LogP contribution in [-0.2, 0) is 9.59 Å². The van der Waals surface area contributed by atoms with Crippen molar-refractivity contribution >= 4 is 17.5 Å². The predicted octanol–water partition coefficient (Wildman–Crippen LogP) is 5.88. The van der Waals surface area contributed by atoms with Crippen molar-refractivity contribution < 1.29 is 9.59 Å². The summed E-state index contributed by atoms with van der Waals surface area (Å²) in [6, 6.07) is 0.760. The maximum atomic E-state index is 11.0. The Kier molecular flexibility index (Phi) is 15.9. The molecule has 0 aromatic carbocycles. The maximum Gasteiger partial charge on any atom is 0.225 e. The molecule has 2 aliphatic heterocycles. The van der Waals surface area contributed by atoms with Gasteiger partial charge in [0.25, 0.3) is 0 Å². The molecule has 2 unspecified atom stereocenters. The highest BCUT2D eigenvalue weighted by molar-refractivity contribution is 6.00. The Bertz CT molecular complexity index is 557. The first-order valence-corrected chi connectivity index (χ1v) is 12.8. The van der Waals surface area contributed by atoms with E-state index in [2.05, 4.69) is 41.6 Å². The molecule has 0 aliphatic carbocycles. The normalized spacial score (nSPS) is 21.2. The third-order valence-corrected chi connectivity index (χ3v) is 5.97. The summed E-state index contributed by atoms with van der Waals surface area (Å²) < 4.78 is 0. The van der Waals surface area contributed by atoms with Crippen LogP contribution in [0.4, 0.5) is 0 Å². The summed E-state index contributed by atoms with van der Waals surface area (Å²) in [6.45, 7) is 6.96. The lowest BCUT2D eigenvalue weighted by molar-refractivity contribution is -0.120. The zero-order valence-electron chi connectivity index (χ0n) is 20.4. The second-order valence-electron chi connectivity index (χ2n) is 9.02. The van der Waals surface area contributed by atoms with Gasteiger partial charge >= 0.3 is 0 Å². The van der Waals surface area contributed by atoms with Crippen LogP contribution in [0, 0.1) is 0 Å². The fourth-order valence-electron chi connectivity index (χ4n) is 3.99. The van der Waals surface area contributed by atoms with Gasteiger partial charge in [0.2, 0.25) is 11.8 Å². The Balaban J connectivity index is 0.000000367. The molecule has 0 aromatic heterocycles. The monoisotopic (exact) mass is 433 g/mol. The van der Waals surface area contributed by atoms with Crippen LogP contribution in [0.3, 0.4) is 0 Å². The summed E-state index contributed by atoms with van der Waals surface area (Å²) in [5.41, 5.74) is 0.951. The summed E-state index contributed by atoms with van der Waals surface area (Å²) in [4.78, 5) is 26.4. The average Bonchev–Trinajstić information content (AvgIpc) is 3.09. The molecule has 0 saturated carbocycles. The number of nitrogens with one attached hydrogen (secondary N) is 2. The summed E-state index contributed by atoms with van der Waals surface area (Å²) in [7, 11) is 0. The van der Waals surface area contributed by atoms with Crippen molar-refractivity contribution in [2.45, 2.75) is 129 Å². The van der Waals surface area contributed by atoms with Crippen LogP contribution >= 0.6 is 0 Å². The fourth-order valence-corrected chi connectivity index (χ4v) is 3.99. The molecule has 0 spiro atoms. The van der Waals surface area contributed by atoms with E-state index in [1.807, 2.05) is 6.92 Å². The molecule has 5 heteroatoms. The highest BCUT2D eigenvalue weighted by Crippen LogP contribution is 2.14. The minimum atomic E-state index is 0.0993. The molecule has 5 nitrogen and oxygen atoms in total. The predicted molar refractivity (Wildman–Crippen MR) is 132 cm³/mol. The van der Waals surface area contributed by atoms with Gasteiger partial charge in [-0.3, -0.25) is 14.6 Å². The molecule has 31 heavy (non-hydrogen) atoms. The van der Waals surface area contributed by atoms with Gasteiger partial charge in [-0.15, -0.1) is 0 Å². The quantitative estimate of drug-likeness (QED) is 0.281. The lowest BCUT2D eigenvalue weighted by Crippen LogP contribution is -2.28. The van der Waals surface area contributed by atoms with Gasteiger partial charge in [0, 0.05) is 24.7 Å². The number of hydrogen-bond acceptors (Lipinski definition) is 3. The van der Waals surface area contributed by atoms with E-state index in [4.69, 9.17) is 0 Å². The van der Waals surface area contributed by atoms with Gasteiger partial charge in [-0.1, -0.05) is 64.5 Å². The molecule has 2 aliphatic rings. The van der Waals surface area contributed by atoms with Crippen molar-refractivity contribution in [3.63, 3.8) is 0 Å². The van der Waals surface area contributed by atoms with Crippen molar-refractivity contribution in [3.8, 4) is 0 Å². The van der Waals surface area contributed by atoms with E-state index in [1.54, 1.807) is 0 Å². The minimum absolute atomic E-state index is 0.0993. The number of carbonyl (C=O) groups is 2. The van der Waals surface area contributed by atoms with Gasteiger partial charge in [-0.2, -0.15) is 0 Å². The van der Waals surface area contributed by atoms with Crippen molar-refractivity contribution in [3.05, 3.63) is 12.2 Å². The standard InChI is InChI=1S/C18H33NO.C8H14N2O/c1-2-3-4-5-6-7-8-9-10-11-12-13-14-17-15-16-18(20)19-17;1-3-7-5-9-8(11)4-6(2)10-7/h9-10,17H,2-8,11-16H2,1H3,(H,19,20);7H,3-5H2,1-2H3,(H,9,11). The lowest BCUT2D eigenvalue weighted by atomic mass is 10.1. The van der Waals surface area contributed by atoms with Crippen LogP contribution in [0.25, 0.3) is 0 Å². The zero-order valence-corrected chi connectivity index (χ0v) is 20.4. The number of nitrogens with zero attached hydrogens (tertiary/aromatic N) is 1. The fraction of sp³-hybridized carbons (Fsp3) is 0.808. The molecule has 2 heterocycles. The summed E-state index contributed by atoms with van der Waals surface area (Å²) in [5, 5.41) is 5.86. The van der Waals surface area contributed by atoms with E-state index >= 15 is 0 Å². The smallest absolute Gasteiger partial charge is 0.225 e. The van der Waals surface area contributed by atoms with E-state index in [0.717, 1.165) is 31.4 Å². The number of unbranched alkanes of at least 4 members (excludes halogenated alkanes) is 8. The topological polar surface area (TPSA) is 70.6 Å². The van der Waals surface area contributed by atoms with Crippen LogP contribution in [-0.4, -0.2) is 36.2 Å². The van der Waals surface area contributed by atoms with Crippen LogP contribution < -0.4 is 10.6 Å². The molecule has 2 amide bonds. The molecular weight excluding hydrogens is 386 g/mol. The number of allylic oxidation sites excluding steroid dienone is 2. The number of carbonyl (C=O) groups excluding carboxylic acids is 2. The van der Waals surface area contributed by atoms with Crippen LogP contribution in [0.15, 0.2) is 17.1 Å². The number of amides is 2. The third kappa shape index (κ3) is 14.9. The molecular formula is C26H47N3O2. The molecule has 1 saturated heterocycles. The molecule has 0 bridgehead atoms. The summed E-state index contributed by atoms with van der Waals surface area (Å²) >= 11 is 0. The summed E-state index contributed by atoms with van der Waals surface area (Å²) in [6.07, 6.45) is 22.4. The Hall–Kier alpha value is -1.65. The SMILES string of the molecule is CCC1CNC(=O)CC(C)=N1.CCCCCCCCC=CCCCCC1CCC(=O)N1. The van der Waals surface area contributed by atoms with E-state index in [0.29, 0.717) is 25.0 Å². The van der Waals surface area contributed by atoms with E-state index in [-0.39, 0.29) is 11.8 Å². The first-order chi connectivity index (χ1) is 15.0. The van der Waals surface area contributed by atoms with E-state index in [9.17, 15) is 9.59 Å². The molecule has 0 aromatic rings. The Labute approximate surface area is 190 Å². The van der Waals surface area contributed by atoms with Gasteiger partial charge in [0.15, 0.2) is 0 Å². The molecule has 2 rings (SSSR count). The van der Waals surface area contributed by atoms with Gasteiger partial charge in [-0.05, 0) is 51.9 Å². The third-order valence-electron chi connectivity index (χ3n) is 5.97. The Morgan fingerprint density at radius 1 is 0.935 bits per heavy atom. The molecule has 2 atom stereocenters. The number of aliphatic imine (C=N–C) groups is 1. The highest BCUT2D eigenvalue weighted by atomic mass is 16.2. The van der Waals surface area contributed by atoms with E-state index in [1.165, 1.54) is 64.2 Å². The van der Waals surface area contributed by atoms with Crippen molar-refractivity contribution in [2.75, 3.05) is 6.54 Å². The molecule has 1 fully saturated rings. The zero-order chi connectivity index (χ0) is 22.7. The van der Waals surface area contributed by atoms with Gasteiger partial charge in [0.1, 0.15) is 0 Å². The number of rotatable bonds is 13. The van der Waals surface area contributed by atoms with Crippen molar-refractivity contribution in [1.29, 1.82) is 0 Å². The van der Waals surface area contributed by atoms with Crippen LogP contribution in [0.2, 0.25) is 0 Å². The molecule has 0 radical (unpaired) electrons. The van der Waals surface area contributed by atoms with Gasteiger partial charge < -0.3 is 10.6 Å². The average molecular weight is 434 g/mol. The van der Waals surface area contributed by atoms with E-state index < -0.39 is 0 Å². The highest BCUT2D eigenvalue weighted by Gasteiger charge is 2.19. The van der Waals surface area contributed by atoms with Crippen molar-refractivity contribution in [2.24, 2.45) is 4.99 Å². The number of hydrogen-bond donors (Lipinski definition) is 2. The Morgan fingerprint density at radius 3 is 2.26 bits per heavy atom. The maximum absolute atomic E-state index is 11.0. The lowest BCUT2D eigenvalue weighted by Gasteiger charge is -2.08. The molecule has 178 valence electrons. The minimum Gasteiger partial charge on any atom is -0.354 e. The van der Waals surface area contributed by atoms with Crippen LogP contribution in [0.1, 0.15) is 117 Å². The first kappa shape index (κ1) is 27.4. The summed E-state index contributed by atoms with van der Waals surface area (Å²) in [5.74, 6) is 0.344. The molecule has 2 N–H and O–H groups in total. The van der Waals surface area contributed by atoms with Gasteiger partial charge in [-0.25, -0.2) is 0 Å². The first-order valence-electron chi connectivity index (χ1n) is 12.8. The van der Waals surface area contributed by atoms with Crippen molar-refractivity contribution in [1.82, 2.24) is 10.6 Å². The second kappa shape index (κ2) is 18.0. The largest absolute Gasteiger partial charge is 0.354 e. The van der Waals surface area contributed by atoms with Crippen LogP contribution in [0.5, 0.6) is 0 Å².